The standard InChI is InChI=1S/C55H84O12/c1-4-7-10-13-16-19-21-23-24-26-28-31-34-37-40-43-49(58)66-53-51(60)50(59)52(54(61)62)67-55(53)64-45-46(65-48(57)42-39-36-33-29-18-15-12-9-6-3)44-63-47(56)41-38-35-32-30-27-25-22-20-17-14-11-8-5-2/h7-8,10-11,16-17,19-20,23-25,27-28,31-32,35,37,40,46,50-53,55,59-60H,4-6,9,12-15,18,21-22,26,29-30,33-34,36,38-39,41-45H2,1-3H3,(H,61,62)/b10-7-,11-8-,19-16-,20-17-,24-23-,27-25-,31-28-,35-32-,40-37-. The van der Waals surface area contributed by atoms with E-state index in [1.54, 1.807) is 12.2 Å². The summed E-state index contributed by atoms with van der Waals surface area (Å²) in [6, 6.07) is 0. The van der Waals surface area contributed by atoms with Crippen LogP contribution >= 0.6 is 0 Å². The topological polar surface area (TPSA) is 175 Å². The molecule has 1 aliphatic rings. The maximum atomic E-state index is 13.0. The molecule has 0 radical (unpaired) electrons. The summed E-state index contributed by atoms with van der Waals surface area (Å²) in [4.78, 5) is 50.6. The first-order valence-corrected chi connectivity index (χ1v) is 24.9. The van der Waals surface area contributed by atoms with Gasteiger partial charge in [0, 0.05) is 12.8 Å². The first-order valence-electron chi connectivity index (χ1n) is 24.9. The summed E-state index contributed by atoms with van der Waals surface area (Å²) in [7, 11) is 0. The molecule has 1 saturated heterocycles. The van der Waals surface area contributed by atoms with Crippen LogP contribution in [0.3, 0.4) is 0 Å². The van der Waals surface area contributed by atoms with E-state index in [2.05, 4.69) is 93.7 Å². The lowest BCUT2D eigenvalue weighted by molar-refractivity contribution is -0.301. The lowest BCUT2D eigenvalue weighted by Gasteiger charge is -2.40. The van der Waals surface area contributed by atoms with Crippen molar-refractivity contribution in [3.05, 3.63) is 109 Å². The van der Waals surface area contributed by atoms with Gasteiger partial charge in [-0.1, -0.05) is 182 Å². The number of unbranched alkanes of at least 4 members (excludes halogenated alkanes) is 8. The van der Waals surface area contributed by atoms with Crippen LogP contribution in [0.25, 0.3) is 0 Å². The van der Waals surface area contributed by atoms with Gasteiger partial charge in [-0.05, 0) is 70.6 Å². The Morgan fingerprint density at radius 3 is 1.48 bits per heavy atom. The summed E-state index contributed by atoms with van der Waals surface area (Å²) in [5.41, 5.74) is 0. The smallest absolute Gasteiger partial charge is 0.335 e. The number of carboxylic acids is 1. The molecule has 0 bridgehead atoms. The number of carbonyl (C=O) groups is 4. The van der Waals surface area contributed by atoms with Gasteiger partial charge < -0.3 is 39.0 Å². The molecule has 376 valence electrons. The zero-order chi connectivity index (χ0) is 49.0. The van der Waals surface area contributed by atoms with Crippen LogP contribution in [-0.4, -0.2) is 89.2 Å². The maximum absolute atomic E-state index is 13.0. The minimum atomic E-state index is -1.94. The van der Waals surface area contributed by atoms with E-state index in [-0.39, 0.29) is 25.9 Å². The molecule has 1 heterocycles. The van der Waals surface area contributed by atoms with Gasteiger partial charge in [0.25, 0.3) is 0 Å². The van der Waals surface area contributed by atoms with E-state index in [0.717, 1.165) is 77.0 Å². The lowest BCUT2D eigenvalue weighted by atomic mass is 9.98. The highest BCUT2D eigenvalue weighted by Gasteiger charge is 2.50. The second-order valence-electron chi connectivity index (χ2n) is 16.4. The molecule has 1 aliphatic heterocycles. The molecule has 3 N–H and O–H groups in total. The number of carboxylic acid groups (broad SMARTS) is 1. The van der Waals surface area contributed by atoms with E-state index in [1.807, 2.05) is 24.3 Å². The van der Waals surface area contributed by atoms with Crippen molar-refractivity contribution in [1.29, 1.82) is 0 Å². The van der Waals surface area contributed by atoms with Gasteiger partial charge in [-0.2, -0.15) is 0 Å². The fourth-order valence-corrected chi connectivity index (χ4v) is 6.63. The SMILES string of the molecule is CC/C=C\C/C=C\C/C=C\C/C=C\C/C=C\CC(=O)OC1C(OCC(COC(=O)CC/C=C\C/C=C\C/C=C\C/C=C\CC)OC(=O)CCCCCCCCCCC)OC(C(=O)O)C(O)C1O. The first-order chi connectivity index (χ1) is 32.6. The second kappa shape index (κ2) is 42.7. The van der Waals surface area contributed by atoms with Crippen molar-refractivity contribution in [3.8, 4) is 0 Å². The van der Waals surface area contributed by atoms with Gasteiger partial charge in [0.05, 0.1) is 13.0 Å². The third-order valence-electron chi connectivity index (χ3n) is 10.4. The third kappa shape index (κ3) is 33.5. The Bertz CT molecular complexity index is 1580. The fourth-order valence-electron chi connectivity index (χ4n) is 6.63. The van der Waals surface area contributed by atoms with E-state index < -0.39 is 67.3 Å². The van der Waals surface area contributed by atoms with Gasteiger partial charge in [0.1, 0.15) is 18.8 Å². The fraction of sp³-hybridized carbons (Fsp3) is 0.600. The van der Waals surface area contributed by atoms with E-state index >= 15 is 0 Å². The Morgan fingerprint density at radius 1 is 0.522 bits per heavy atom. The minimum Gasteiger partial charge on any atom is -0.479 e. The van der Waals surface area contributed by atoms with Crippen molar-refractivity contribution in [1.82, 2.24) is 0 Å². The molecule has 0 amide bonds. The molecule has 0 aromatic rings. The van der Waals surface area contributed by atoms with Crippen LogP contribution in [-0.2, 0) is 42.9 Å². The van der Waals surface area contributed by atoms with Crippen LogP contribution in [0, 0.1) is 0 Å². The van der Waals surface area contributed by atoms with E-state index in [1.165, 1.54) is 25.7 Å². The van der Waals surface area contributed by atoms with Crippen molar-refractivity contribution < 1.29 is 58.2 Å². The normalized spacial score (nSPS) is 19.8. The Labute approximate surface area is 402 Å². The van der Waals surface area contributed by atoms with E-state index in [0.29, 0.717) is 19.3 Å². The number of ether oxygens (including phenoxy) is 5. The number of hydrogen-bond donors (Lipinski definition) is 3. The number of rotatable bonds is 39. The second-order valence-corrected chi connectivity index (χ2v) is 16.4. The van der Waals surface area contributed by atoms with Gasteiger partial charge in [-0.3, -0.25) is 14.4 Å². The van der Waals surface area contributed by atoms with Gasteiger partial charge >= 0.3 is 23.9 Å². The number of allylic oxidation sites excluding steroid dienone is 17. The van der Waals surface area contributed by atoms with Crippen molar-refractivity contribution >= 4 is 23.9 Å². The monoisotopic (exact) mass is 937 g/mol. The zero-order valence-corrected chi connectivity index (χ0v) is 40.8. The molecular formula is C55H84O12. The molecule has 0 aromatic heterocycles. The summed E-state index contributed by atoms with van der Waals surface area (Å²) < 4.78 is 28.0. The maximum Gasteiger partial charge on any atom is 0.335 e. The number of carbonyl (C=O) groups excluding carboxylic acids is 3. The Hall–Kier alpha value is -4.62. The molecule has 12 nitrogen and oxygen atoms in total. The highest BCUT2D eigenvalue weighted by atomic mass is 16.7. The van der Waals surface area contributed by atoms with Crippen molar-refractivity contribution in [2.24, 2.45) is 0 Å². The molecule has 6 unspecified atom stereocenters. The summed E-state index contributed by atoms with van der Waals surface area (Å²) >= 11 is 0. The Balaban J connectivity index is 2.84. The van der Waals surface area contributed by atoms with Crippen molar-refractivity contribution in [3.63, 3.8) is 0 Å². The number of aliphatic carboxylic acids is 1. The predicted octanol–water partition coefficient (Wildman–Crippen LogP) is 11.5. The molecule has 0 aliphatic carbocycles. The summed E-state index contributed by atoms with van der Waals surface area (Å²) in [6.07, 6.45) is 44.2. The third-order valence-corrected chi connectivity index (χ3v) is 10.4. The van der Waals surface area contributed by atoms with Crippen molar-refractivity contribution in [2.75, 3.05) is 13.2 Å². The Morgan fingerprint density at radius 2 is 0.985 bits per heavy atom. The highest BCUT2D eigenvalue weighted by molar-refractivity contribution is 5.74. The lowest BCUT2D eigenvalue weighted by Crippen LogP contribution is -2.61. The summed E-state index contributed by atoms with van der Waals surface area (Å²) in [6.45, 7) is 5.57. The summed E-state index contributed by atoms with van der Waals surface area (Å²) in [5.74, 6) is -3.41. The molecular weight excluding hydrogens is 853 g/mol. The highest BCUT2D eigenvalue weighted by Crippen LogP contribution is 2.26. The molecule has 6 atom stereocenters. The number of aliphatic hydroxyl groups excluding tert-OH is 2. The molecule has 0 aromatic carbocycles. The largest absolute Gasteiger partial charge is 0.479 e. The van der Waals surface area contributed by atoms with Gasteiger partial charge in [-0.15, -0.1) is 0 Å². The van der Waals surface area contributed by atoms with Gasteiger partial charge in [0.2, 0.25) is 0 Å². The number of esters is 3. The summed E-state index contributed by atoms with van der Waals surface area (Å²) in [5, 5.41) is 31.2. The molecule has 0 saturated carbocycles. The van der Waals surface area contributed by atoms with Crippen LogP contribution in [0.2, 0.25) is 0 Å². The molecule has 1 fully saturated rings. The average Bonchev–Trinajstić information content (AvgIpc) is 3.31. The van der Waals surface area contributed by atoms with Crippen molar-refractivity contribution in [2.45, 2.75) is 199 Å². The zero-order valence-electron chi connectivity index (χ0n) is 40.8. The van der Waals surface area contributed by atoms with Crippen LogP contribution in [0.5, 0.6) is 0 Å². The quantitative estimate of drug-likeness (QED) is 0.0231. The molecule has 67 heavy (non-hydrogen) atoms. The number of hydrogen-bond acceptors (Lipinski definition) is 11. The first kappa shape index (κ1) is 60.4. The average molecular weight is 937 g/mol. The molecule has 0 spiro atoms. The van der Waals surface area contributed by atoms with Crippen LogP contribution in [0.4, 0.5) is 0 Å². The molecule has 12 heteroatoms. The number of aliphatic hydroxyl groups is 2. The van der Waals surface area contributed by atoms with Crippen LogP contribution in [0.1, 0.15) is 162 Å². The van der Waals surface area contributed by atoms with Gasteiger partial charge in [0.15, 0.2) is 24.6 Å². The molecule has 1 rings (SSSR count). The van der Waals surface area contributed by atoms with E-state index in [4.69, 9.17) is 23.7 Å². The minimum absolute atomic E-state index is 0.0836. The Kier molecular flexibility index (Phi) is 38.5. The predicted molar refractivity (Wildman–Crippen MR) is 266 cm³/mol. The van der Waals surface area contributed by atoms with Gasteiger partial charge in [-0.25, -0.2) is 4.79 Å². The van der Waals surface area contributed by atoms with Crippen LogP contribution < -0.4 is 0 Å². The van der Waals surface area contributed by atoms with Crippen LogP contribution in [0.15, 0.2) is 109 Å². The van der Waals surface area contributed by atoms with E-state index in [9.17, 15) is 34.5 Å².